The molecule has 4 heterocycles. The minimum atomic E-state index is -4.54. The van der Waals surface area contributed by atoms with Gasteiger partial charge in [-0.2, -0.15) is 18.3 Å². The molecule has 4 rings (SSSR count). The van der Waals surface area contributed by atoms with E-state index in [2.05, 4.69) is 34.0 Å². The normalized spacial score (nSPS) is 20.3. The standard InChI is InChI=1S/C21H25F3N6/c1-12(2)10-13-11-30(9-7-16(13)25)17-6-5-15(21(22,23)24)19(27-17)18-14-4-3-8-26-20(14)29-28-18/h3-6,8,12-13,16H,7,9-11,25H2,1-2H3,(H,26,28,29)/t13-,16-/m1/s1. The second-order valence-electron chi connectivity index (χ2n) is 8.32. The van der Waals surface area contributed by atoms with Crippen LogP contribution in [0.15, 0.2) is 30.5 Å². The second-order valence-corrected chi connectivity index (χ2v) is 8.32. The van der Waals surface area contributed by atoms with E-state index in [4.69, 9.17) is 5.73 Å². The van der Waals surface area contributed by atoms with E-state index in [1.165, 1.54) is 6.07 Å². The summed E-state index contributed by atoms with van der Waals surface area (Å²) < 4.78 is 41.3. The zero-order valence-corrected chi connectivity index (χ0v) is 16.9. The number of rotatable bonds is 4. The van der Waals surface area contributed by atoms with Crippen molar-refractivity contribution >= 4 is 16.9 Å². The van der Waals surface area contributed by atoms with E-state index in [1.807, 2.05) is 4.90 Å². The lowest BCUT2D eigenvalue weighted by atomic mass is 9.86. The Balaban J connectivity index is 1.76. The minimum absolute atomic E-state index is 0.0974. The van der Waals surface area contributed by atoms with Gasteiger partial charge in [-0.15, -0.1) is 0 Å². The summed E-state index contributed by atoms with van der Waals surface area (Å²) in [6.07, 6.45) is -1.23. The molecule has 0 saturated carbocycles. The highest BCUT2D eigenvalue weighted by molar-refractivity contribution is 5.90. The minimum Gasteiger partial charge on any atom is -0.356 e. The zero-order chi connectivity index (χ0) is 21.5. The summed E-state index contributed by atoms with van der Waals surface area (Å²) in [7, 11) is 0. The first kappa shape index (κ1) is 20.6. The van der Waals surface area contributed by atoms with Gasteiger partial charge in [-0.3, -0.25) is 5.10 Å². The molecule has 1 aliphatic heterocycles. The Morgan fingerprint density at radius 3 is 2.80 bits per heavy atom. The molecule has 0 aliphatic carbocycles. The van der Waals surface area contributed by atoms with Crippen LogP contribution in [0.3, 0.4) is 0 Å². The molecule has 6 nitrogen and oxygen atoms in total. The third-order valence-electron chi connectivity index (χ3n) is 5.64. The number of aromatic amines is 1. The molecule has 0 aromatic carbocycles. The highest BCUT2D eigenvalue weighted by atomic mass is 19.4. The maximum absolute atomic E-state index is 13.8. The summed E-state index contributed by atoms with van der Waals surface area (Å²) >= 11 is 0. The Hall–Kier alpha value is -2.68. The maximum atomic E-state index is 13.8. The average molecular weight is 418 g/mol. The number of hydrogen-bond acceptors (Lipinski definition) is 5. The van der Waals surface area contributed by atoms with Crippen LogP contribution in [0.4, 0.5) is 19.0 Å². The average Bonchev–Trinajstić information content (AvgIpc) is 3.12. The van der Waals surface area contributed by atoms with E-state index in [1.54, 1.807) is 18.3 Å². The highest BCUT2D eigenvalue weighted by Crippen LogP contribution is 2.39. The SMILES string of the molecule is CC(C)C[C@@H]1CN(c2ccc(C(F)(F)F)c(-c3[nH]nc4ncccc34)n2)CC[C@H]1N. The highest BCUT2D eigenvalue weighted by Gasteiger charge is 2.36. The summed E-state index contributed by atoms with van der Waals surface area (Å²) in [6.45, 7) is 5.65. The van der Waals surface area contributed by atoms with Crippen LogP contribution in [0, 0.1) is 11.8 Å². The van der Waals surface area contributed by atoms with Gasteiger partial charge in [-0.05, 0) is 48.9 Å². The monoisotopic (exact) mass is 418 g/mol. The van der Waals surface area contributed by atoms with Gasteiger partial charge in [-0.1, -0.05) is 13.8 Å². The van der Waals surface area contributed by atoms with Crippen molar-refractivity contribution in [2.24, 2.45) is 17.6 Å². The molecule has 1 aliphatic rings. The number of pyridine rings is 2. The predicted molar refractivity (Wildman–Crippen MR) is 110 cm³/mol. The summed E-state index contributed by atoms with van der Waals surface area (Å²) in [5.74, 6) is 1.30. The van der Waals surface area contributed by atoms with Crippen molar-refractivity contribution in [3.63, 3.8) is 0 Å². The van der Waals surface area contributed by atoms with E-state index in [0.717, 1.165) is 18.9 Å². The van der Waals surface area contributed by atoms with Gasteiger partial charge >= 0.3 is 6.18 Å². The number of fused-ring (bicyclic) bond motifs is 1. The van der Waals surface area contributed by atoms with Crippen LogP contribution in [0.2, 0.25) is 0 Å². The van der Waals surface area contributed by atoms with Crippen molar-refractivity contribution in [1.82, 2.24) is 20.2 Å². The number of nitrogens with zero attached hydrogens (tertiary/aromatic N) is 4. The number of aromatic nitrogens is 4. The molecule has 0 amide bonds. The molecule has 0 spiro atoms. The molecule has 160 valence electrons. The van der Waals surface area contributed by atoms with E-state index in [9.17, 15) is 13.2 Å². The molecule has 2 atom stereocenters. The van der Waals surface area contributed by atoms with Gasteiger partial charge in [0.1, 0.15) is 11.5 Å². The zero-order valence-electron chi connectivity index (χ0n) is 16.9. The molecule has 3 aromatic rings. The molecule has 0 radical (unpaired) electrons. The van der Waals surface area contributed by atoms with Gasteiger partial charge in [-0.25, -0.2) is 9.97 Å². The molecule has 1 fully saturated rings. The van der Waals surface area contributed by atoms with Gasteiger partial charge in [0.15, 0.2) is 5.65 Å². The van der Waals surface area contributed by atoms with Crippen LogP contribution >= 0.6 is 0 Å². The smallest absolute Gasteiger partial charge is 0.356 e. The Morgan fingerprint density at radius 1 is 1.27 bits per heavy atom. The molecule has 3 aromatic heterocycles. The number of nitrogens with one attached hydrogen (secondary N) is 1. The quantitative estimate of drug-likeness (QED) is 0.662. The van der Waals surface area contributed by atoms with Crippen LogP contribution in [0.5, 0.6) is 0 Å². The van der Waals surface area contributed by atoms with E-state index < -0.39 is 11.7 Å². The fourth-order valence-electron chi connectivity index (χ4n) is 4.19. The van der Waals surface area contributed by atoms with E-state index >= 15 is 0 Å². The number of piperidine rings is 1. The van der Waals surface area contributed by atoms with Gasteiger partial charge in [0, 0.05) is 30.7 Å². The third-order valence-corrected chi connectivity index (χ3v) is 5.64. The van der Waals surface area contributed by atoms with Gasteiger partial charge in [0.25, 0.3) is 0 Å². The van der Waals surface area contributed by atoms with Crippen LogP contribution < -0.4 is 10.6 Å². The van der Waals surface area contributed by atoms with Crippen molar-refractivity contribution in [2.75, 3.05) is 18.0 Å². The molecular formula is C21H25F3N6. The van der Waals surface area contributed by atoms with Crippen LogP contribution in [-0.4, -0.2) is 39.3 Å². The van der Waals surface area contributed by atoms with Crippen LogP contribution in [-0.2, 0) is 6.18 Å². The number of nitrogens with two attached hydrogens (primary N) is 1. The molecular weight excluding hydrogens is 393 g/mol. The number of anilines is 1. The lowest BCUT2D eigenvalue weighted by molar-refractivity contribution is -0.137. The van der Waals surface area contributed by atoms with Crippen molar-refractivity contribution in [2.45, 2.75) is 38.9 Å². The number of halogens is 3. The first-order valence-electron chi connectivity index (χ1n) is 10.1. The Bertz CT molecular complexity index is 1030. The summed E-state index contributed by atoms with van der Waals surface area (Å²) in [4.78, 5) is 10.6. The summed E-state index contributed by atoms with van der Waals surface area (Å²) in [5.41, 5.74) is 5.92. The van der Waals surface area contributed by atoms with Gasteiger partial charge in [0.05, 0.1) is 11.3 Å². The van der Waals surface area contributed by atoms with Gasteiger partial charge in [0.2, 0.25) is 0 Å². The molecule has 0 unspecified atom stereocenters. The second kappa shape index (κ2) is 7.86. The number of alkyl halides is 3. The summed E-state index contributed by atoms with van der Waals surface area (Å²) in [6, 6.07) is 6.01. The molecule has 1 saturated heterocycles. The van der Waals surface area contributed by atoms with E-state index in [0.29, 0.717) is 35.9 Å². The maximum Gasteiger partial charge on any atom is 0.418 e. The first-order chi connectivity index (χ1) is 14.2. The Kier molecular flexibility index (Phi) is 5.40. The molecule has 9 heteroatoms. The van der Waals surface area contributed by atoms with Crippen LogP contribution in [0.1, 0.15) is 32.3 Å². The fraction of sp³-hybridized carbons (Fsp3) is 0.476. The van der Waals surface area contributed by atoms with Crippen molar-refractivity contribution in [3.05, 3.63) is 36.0 Å². The Morgan fingerprint density at radius 2 is 2.07 bits per heavy atom. The summed E-state index contributed by atoms with van der Waals surface area (Å²) in [5, 5.41) is 7.25. The predicted octanol–water partition coefficient (Wildman–Crippen LogP) is 4.24. The lowest BCUT2D eigenvalue weighted by Gasteiger charge is -2.38. The molecule has 0 bridgehead atoms. The lowest BCUT2D eigenvalue weighted by Crippen LogP contribution is -2.47. The van der Waals surface area contributed by atoms with Crippen molar-refractivity contribution in [3.8, 4) is 11.4 Å². The Labute approximate surface area is 172 Å². The van der Waals surface area contributed by atoms with Gasteiger partial charge < -0.3 is 10.6 Å². The van der Waals surface area contributed by atoms with Crippen molar-refractivity contribution in [1.29, 1.82) is 0 Å². The largest absolute Gasteiger partial charge is 0.418 e. The topological polar surface area (TPSA) is 83.7 Å². The number of H-pyrrole nitrogens is 1. The molecule has 3 N–H and O–H groups in total. The van der Waals surface area contributed by atoms with Crippen molar-refractivity contribution < 1.29 is 13.2 Å². The molecule has 30 heavy (non-hydrogen) atoms. The number of hydrogen-bond donors (Lipinski definition) is 2. The van der Waals surface area contributed by atoms with E-state index in [-0.39, 0.29) is 23.3 Å². The third kappa shape index (κ3) is 3.98. The van der Waals surface area contributed by atoms with Crippen LogP contribution in [0.25, 0.3) is 22.4 Å². The first-order valence-corrected chi connectivity index (χ1v) is 10.1. The fourth-order valence-corrected chi connectivity index (χ4v) is 4.19.